The van der Waals surface area contributed by atoms with Crippen molar-refractivity contribution in [2.24, 2.45) is 0 Å². The summed E-state index contributed by atoms with van der Waals surface area (Å²) < 4.78 is 31.6. The first-order valence-electron chi connectivity index (χ1n) is 7.03. The van der Waals surface area contributed by atoms with Gasteiger partial charge in [0.1, 0.15) is 6.61 Å². The van der Waals surface area contributed by atoms with Gasteiger partial charge in [-0.05, 0) is 12.1 Å². The van der Waals surface area contributed by atoms with Crippen LogP contribution in [-0.4, -0.2) is 30.0 Å². The third kappa shape index (κ3) is 4.03. The van der Waals surface area contributed by atoms with Gasteiger partial charge in [-0.25, -0.2) is 18.2 Å². The number of nitrogens with zero attached hydrogens (tertiary/aromatic N) is 2. The summed E-state index contributed by atoms with van der Waals surface area (Å²) in [5.41, 5.74) is 0.240. The van der Waals surface area contributed by atoms with E-state index in [1.165, 1.54) is 33.9 Å². The minimum Gasteiger partial charge on any atom is -0.456 e. The minimum absolute atomic E-state index is 0.0712. The van der Waals surface area contributed by atoms with Crippen LogP contribution in [0.2, 0.25) is 0 Å². The summed E-state index contributed by atoms with van der Waals surface area (Å²) in [6, 6.07) is 7.37. The number of nitrogens with one attached hydrogen (secondary N) is 1. The molecule has 0 bridgehead atoms. The van der Waals surface area contributed by atoms with Crippen molar-refractivity contribution in [1.29, 1.82) is 0 Å². The van der Waals surface area contributed by atoms with E-state index < -0.39 is 16.0 Å². The van der Waals surface area contributed by atoms with E-state index in [1.807, 2.05) is 0 Å². The second-order valence-electron chi connectivity index (χ2n) is 5.14. The summed E-state index contributed by atoms with van der Waals surface area (Å²) in [6.07, 6.45) is 2.60. The Morgan fingerprint density at radius 3 is 2.88 bits per heavy atom. The number of hydrogen-bond donors (Lipinski definition) is 1. The maximum Gasteiger partial charge on any atom is 0.340 e. The Morgan fingerprint density at radius 2 is 2.12 bits per heavy atom. The normalized spacial score (nSPS) is 11.4. The summed E-state index contributed by atoms with van der Waals surface area (Å²) >= 11 is 1.29. The average Bonchev–Trinajstić information content (AvgIpc) is 3.01. The van der Waals surface area contributed by atoms with Gasteiger partial charge in [0, 0.05) is 17.6 Å². The number of carbonyl (C=O) groups is 1. The van der Waals surface area contributed by atoms with Crippen LogP contribution in [0.1, 0.15) is 16.1 Å². The molecule has 130 valence electrons. The van der Waals surface area contributed by atoms with Crippen molar-refractivity contribution in [3.8, 4) is 0 Å². The number of thiazole rings is 1. The molecule has 2 heterocycles. The number of benzene rings is 1. The van der Waals surface area contributed by atoms with Gasteiger partial charge in [-0.15, -0.1) is 11.3 Å². The predicted molar refractivity (Wildman–Crippen MR) is 93.4 cm³/mol. The van der Waals surface area contributed by atoms with Gasteiger partial charge in [-0.2, -0.15) is 0 Å². The van der Waals surface area contributed by atoms with Gasteiger partial charge in [0.05, 0.1) is 23.2 Å². The van der Waals surface area contributed by atoms with Crippen molar-refractivity contribution in [2.45, 2.75) is 6.61 Å². The van der Waals surface area contributed by atoms with E-state index in [0.29, 0.717) is 10.7 Å². The van der Waals surface area contributed by atoms with Gasteiger partial charge in [0.15, 0.2) is 4.96 Å². The summed E-state index contributed by atoms with van der Waals surface area (Å²) in [4.78, 5) is 28.9. The Kier molecular flexibility index (Phi) is 4.55. The lowest BCUT2D eigenvalue weighted by atomic mass is 10.2. The van der Waals surface area contributed by atoms with Crippen molar-refractivity contribution in [1.82, 2.24) is 9.38 Å². The first-order valence-corrected chi connectivity index (χ1v) is 9.80. The largest absolute Gasteiger partial charge is 0.456 e. The topological polar surface area (TPSA) is 107 Å². The first-order chi connectivity index (χ1) is 11.8. The van der Waals surface area contributed by atoms with Gasteiger partial charge < -0.3 is 4.74 Å². The lowest BCUT2D eigenvalue weighted by Gasteiger charge is -2.10. The van der Waals surface area contributed by atoms with Crippen molar-refractivity contribution in [2.75, 3.05) is 11.0 Å². The zero-order chi connectivity index (χ0) is 18.0. The highest BCUT2D eigenvalue weighted by atomic mass is 32.2. The minimum atomic E-state index is -3.54. The summed E-state index contributed by atoms with van der Waals surface area (Å²) in [6.45, 7) is -0.199. The molecule has 3 aromatic rings. The number of sulfonamides is 1. The molecule has 0 spiro atoms. The highest BCUT2D eigenvalue weighted by Gasteiger charge is 2.15. The molecule has 0 unspecified atom stereocenters. The van der Waals surface area contributed by atoms with E-state index in [2.05, 4.69) is 9.71 Å². The molecule has 10 heteroatoms. The van der Waals surface area contributed by atoms with Crippen molar-refractivity contribution < 1.29 is 17.9 Å². The number of carbonyl (C=O) groups excluding carboxylic acids is 1. The third-order valence-corrected chi connectivity index (χ3v) is 4.50. The zero-order valence-corrected chi connectivity index (χ0v) is 14.6. The number of rotatable bonds is 5. The van der Waals surface area contributed by atoms with Crippen LogP contribution in [0.3, 0.4) is 0 Å². The van der Waals surface area contributed by atoms with Gasteiger partial charge in [0.25, 0.3) is 5.56 Å². The van der Waals surface area contributed by atoms with Crippen LogP contribution in [-0.2, 0) is 21.4 Å². The third-order valence-electron chi connectivity index (χ3n) is 3.15. The van der Waals surface area contributed by atoms with Gasteiger partial charge >= 0.3 is 5.97 Å². The summed E-state index contributed by atoms with van der Waals surface area (Å²) in [5.74, 6) is -0.722. The Labute approximate surface area is 146 Å². The zero-order valence-electron chi connectivity index (χ0n) is 13.0. The number of fused-ring (bicyclic) bond motifs is 1. The maximum absolute atomic E-state index is 12.3. The highest BCUT2D eigenvalue weighted by molar-refractivity contribution is 7.92. The molecule has 2 aromatic heterocycles. The van der Waals surface area contributed by atoms with E-state index in [0.717, 1.165) is 6.26 Å². The fraction of sp³-hybridized carbons (Fsp3) is 0.133. The number of anilines is 1. The molecular formula is C15H13N3O5S2. The standard InChI is InChI=1S/C15H13N3O5S2/c1-25(21,22)17-12-5-3-2-4-11(12)14(20)23-9-10-8-13(19)18-6-7-24-15(18)16-10/h2-8,17H,9H2,1H3. The predicted octanol–water partition coefficient (Wildman–Crippen LogP) is 1.48. The maximum atomic E-state index is 12.3. The number of esters is 1. The van der Waals surface area contributed by atoms with Crippen LogP contribution in [0.15, 0.2) is 46.7 Å². The number of para-hydroxylation sites is 1. The molecule has 0 saturated heterocycles. The average molecular weight is 379 g/mol. The molecule has 0 saturated carbocycles. The number of ether oxygens (including phenoxy) is 1. The van der Waals surface area contributed by atoms with Gasteiger partial charge in [0.2, 0.25) is 10.0 Å². The van der Waals surface area contributed by atoms with Crippen LogP contribution >= 0.6 is 11.3 Å². The molecule has 25 heavy (non-hydrogen) atoms. The van der Waals surface area contributed by atoms with Gasteiger partial charge in [-0.3, -0.25) is 13.9 Å². The molecule has 0 aliphatic heterocycles. The molecule has 0 amide bonds. The van der Waals surface area contributed by atoms with Crippen molar-refractivity contribution in [3.63, 3.8) is 0 Å². The van der Waals surface area contributed by atoms with E-state index in [4.69, 9.17) is 4.74 Å². The lowest BCUT2D eigenvalue weighted by molar-refractivity contribution is 0.0469. The molecule has 8 nitrogen and oxygen atoms in total. The molecule has 1 N–H and O–H groups in total. The van der Waals surface area contributed by atoms with E-state index in [1.54, 1.807) is 23.7 Å². The molecular weight excluding hydrogens is 366 g/mol. The van der Waals surface area contributed by atoms with E-state index in [-0.39, 0.29) is 23.4 Å². The summed E-state index contributed by atoms with van der Waals surface area (Å²) in [7, 11) is -3.54. The number of aromatic nitrogens is 2. The molecule has 3 rings (SSSR count). The molecule has 0 aliphatic rings. The fourth-order valence-corrected chi connectivity index (χ4v) is 3.44. The molecule has 0 aliphatic carbocycles. The molecule has 0 radical (unpaired) electrons. The smallest absolute Gasteiger partial charge is 0.340 e. The van der Waals surface area contributed by atoms with Gasteiger partial charge in [-0.1, -0.05) is 12.1 Å². The molecule has 0 fully saturated rings. The second kappa shape index (κ2) is 6.65. The summed E-state index contributed by atoms with van der Waals surface area (Å²) in [5, 5.41) is 1.73. The Morgan fingerprint density at radius 1 is 1.36 bits per heavy atom. The van der Waals surface area contributed by atoms with E-state index >= 15 is 0 Å². The van der Waals surface area contributed by atoms with Crippen molar-refractivity contribution in [3.05, 3.63) is 63.5 Å². The Bertz CT molecular complexity index is 1100. The first kappa shape index (κ1) is 17.1. The fourth-order valence-electron chi connectivity index (χ4n) is 2.13. The second-order valence-corrected chi connectivity index (χ2v) is 7.76. The van der Waals surface area contributed by atoms with E-state index in [9.17, 15) is 18.0 Å². The molecule has 0 atom stereocenters. The lowest BCUT2D eigenvalue weighted by Crippen LogP contribution is -2.16. The highest BCUT2D eigenvalue weighted by Crippen LogP contribution is 2.18. The van der Waals surface area contributed by atoms with Crippen LogP contribution in [0, 0.1) is 0 Å². The Hall–Kier alpha value is -2.72. The molecule has 1 aromatic carbocycles. The van der Waals surface area contributed by atoms with Crippen molar-refractivity contribution >= 4 is 38.0 Å². The Balaban J connectivity index is 1.79. The van der Waals surface area contributed by atoms with Crippen LogP contribution in [0.4, 0.5) is 5.69 Å². The van der Waals surface area contributed by atoms with Crippen LogP contribution in [0.5, 0.6) is 0 Å². The number of hydrogen-bond acceptors (Lipinski definition) is 7. The monoisotopic (exact) mass is 379 g/mol. The van der Waals surface area contributed by atoms with Crippen LogP contribution in [0.25, 0.3) is 4.96 Å². The quantitative estimate of drug-likeness (QED) is 0.673. The SMILES string of the molecule is CS(=O)(=O)Nc1ccccc1C(=O)OCc1cc(=O)n2ccsc2n1. The van der Waals surface area contributed by atoms with Crippen LogP contribution < -0.4 is 10.3 Å².